The molecule has 37 heavy (non-hydrogen) atoms. The quantitative estimate of drug-likeness (QED) is 0.357. The van der Waals surface area contributed by atoms with E-state index in [1.165, 1.54) is 5.56 Å². The van der Waals surface area contributed by atoms with Gasteiger partial charge in [-0.3, -0.25) is 19.7 Å². The van der Waals surface area contributed by atoms with Crippen molar-refractivity contribution in [2.75, 3.05) is 6.54 Å². The Kier molecular flexibility index (Phi) is 6.98. The highest BCUT2D eigenvalue weighted by Gasteiger charge is 2.40. The van der Waals surface area contributed by atoms with E-state index >= 15 is 0 Å². The Labute approximate surface area is 221 Å². The van der Waals surface area contributed by atoms with Crippen LogP contribution in [0.15, 0.2) is 42.5 Å². The van der Waals surface area contributed by atoms with Crippen LogP contribution in [0.25, 0.3) is 0 Å². The lowest BCUT2D eigenvalue weighted by Crippen LogP contribution is -2.61. The number of carbonyl (C=O) groups excluding carboxylic acids is 3. The van der Waals surface area contributed by atoms with Gasteiger partial charge in [0, 0.05) is 42.0 Å². The average molecular weight is 497 g/mol. The van der Waals surface area contributed by atoms with Gasteiger partial charge in [-0.2, -0.15) is 0 Å². The molecule has 0 radical (unpaired) electrons. The second-order valence-corrected chi connectivity index (χ2v) is 11.0. The predicted molar refractivity (Wildman–Crippen MR) is 149 cm³/mol. The van der Waals surface area contributed by atoms with Crippen LogP contribution in [-0.4, -0.2) is 88.8 Å². The second-order valence-electron chi connectivity index (χ2n) is 11.0. The number of morpholine rings is 1. The van der Waals surface area contributed by atoms with Crippen LogP contribution in [0.4, 0.5) is 0 Å². The van der Waals surface area contributed by atoms with E-state index in [0.717, 1.165) is 24.2 Å². The van der Waals surface area contributed by atoms with Crippen LogP contribution in [0.1, 0.15) is 39.9 Å². The maximum Gasteiger partial charge on any atom is 0.255 e. The zero-order valence-corrected chi connectivity index (χ0v) is 22.0. The lowest BCUT2D eigenvalue weighted by Gasteiger charge is -2.47. The van der Waals surface area contributed by atoms with Crippen LogP contribution in [0.2, 0.25) is 0 Å². The molecule has 0 spiro atoms. The summed E-state index contributed by atoms with van der Waals surface area (Å²) in [5.74, 6) is 0.0821. The van der Waals surface area contributed by atoms with Gasteiger partial charge in [-0.15, -0.1) is 0 Å². The maximum absolute atomic E-state index is 13.0. The summed E-state index contributed by atoms with van der Waals surface area (Å²) in [6.45, 7) is 2.42. The first-order chi connectivity index (χ1) is 17.6. The van der Waals surface area contributed by atoms with Crippen molar-refractivity contribution in [3.8, 4) is 5.75 Å². The third kappa shape index (κ3) is 5.36. The lowest BCUT2D eigenvalue weighted by atomic mass is 9.61. The van der Waals surface area contributed by atoms with Crippen LogP contribution >= 0.6 is 0 Å². The largest absolute Gasteiger partial charge is 0.489 e. The molecule has 2 aromatic rings. The summed E-state index contributed by atoms with van der Waals surface area (Å²) in [4.78, 5) is 40.9. The molecule has 188 valence electrons. The minimum Gasteiger partial charge on any atom is -0.489 e. The summed E-state index contributed by atoms with van der Waals surface area (Å²) in [5.41, 5.74) is 3.61. The van der Waals surface area contributed by atoms with E-state index in [4.69, 9.17) is 9.47 Å². The molecular weight excluding hydrogens is 466 g/mol. The summed E-state index contributed by atoms with van der Waals surface area (Å²) in [6, 6.07) is 13.4. The smallest absolute Gasteiger partial charge is 0.255 e. The Bertz CT molecular complexity index is 1230. The highest BCUT2D eigenvalue weighted by Crippen LogP contribution is 2.34. The monoisotopic (exact) mass is 497 g/mol. The van der Waals surface area contributed by atoms with Crippen molar-refractivity contribution in [1.82, 2.24) is 15.1 Å². The number of benzene rings is 2. The van der Waals surface area contributed by atoms with Gasteiger partial charge < -0.3 is 19.3 Å². The number of hydrogen-bond donors (Lipinski definition) is 1. The molecule has 2 saturated heterocycles. The molecule has 12 heteroatoms. The van der Waals surface area contributed by atoms with Crippen molar-refractivity contribution >= 4 is 49.1 Å². The Morgan fingerprint density at radius 1 is 1.05 bits per heavy atom. The highest BCUT2D eigenvalue weighted by atomic mass is 16.5. The normalized spacial score (nSPS) is 25.6. The summed E-state index contributed by atoms with van der Waals surface area (Å²) < 4.78 is 12.3. The number of piperidine rings is 1. The average Bonchev–Trinajstić information content (AvgIpc) is 3.18. The van der Waals surface area contributed by atoms with Crippen LogP contribution in [0.5, 0.6) is 5.75 Å². The van der Waals surface area contributed by atoms with E-state index in [1.54, 1.807) is 17.0 Å². The van der Waals surface area contributed by atoms with Crippen LogP contribution in [0.3, 0.4) is 0 Å². The lowest BCUT2D eigenvalue weighted by molar-refractivity contribution is -0.136. The second kappa shape index (κ2) is 10.1. The summed E-state index contributed by atoms with van der Waals surface area (Å²) in [6.07, 6.45) is 0.573. The molecule has 0 aliphatic carbocycles. The summed E-state index contributed by atoms with van der Waals surface area (Å²) >= 11 is 0. The van der Waals surface area contributed by atoms with E-state index < -0.39 is 11.9 Å². The van der Waals surface area contributed by atoms with E-state index in [-0.39, 0.29) is 29.6 Å². The molecule has 8 nitrogen and oxygen atoms in total. The number of ether oxygens (including phenoxy) is 2. The zero-order valence-electron chi connectivity index (χ0n) is 22.0. The first-order valence-corrected chi connectivity index (χ1v) is 13.0. The Hall–Kier alpha value is -2.97. The molecule has 0 saturated carbocycles. The van der Waals surface area contributed by atoms with E-state index in [0.29, 0.717) is 36.8 Å². The molecular formula is C25H31B4N3O5. The molecule has 3 atom stereocenters. The molecule has 2 aromatic carbocycles. The van der Waals surface area contributed by atoms with Crippen molar-refractivity contribution in [2.24, 2.45) is 0 Å². The van der Waals surface area contributed by atoms with Gasteiger partial charge in [0.25, 0.3) is 5.91 Å². The minimum atomic E-state index is -0.638. The van der Waals surface area contributed by atoms with Crippen molar-refractivity contribution < 1.29 is 23.9 Å². The van der Waals surface area contributed by atoms with E-state index in [1.807, 2.05) is 6.07 Å². The SMILES string of the molecule is BC1OC(B)(B)CN(Cc2ccc(COc3cccc4c3CN(C3CCC(=O)NC3=O)C4=O)cc2)C1B. The number of nitrogens with one attached hydrogen (secondary N) is 1. The number of fused-ring (bicyclic) bond motifs is 1. The van der Waals surface area contributed by atoms with Crippen LogP contribution in [0, 0.1) is 0 Å². The van der Waals surface area contributed by atoms with Gasteiger partial charge >= 0.3 is 0 Å². The molecule has 3 heterocycles. The van der Waals surface area contributed by atoms with Crippen LogP contribution in [-0.2, 0) is 34.0 Å². The van der Waals surface area contributed by atoms with Gasteiger partial charge in [-0.05, 0) is 35.6 Å². The molecule has 3 amide bonds. The number of nitrogens with zero attached hydrogens (tertiary/aromatic N) is 2. The minimum absolute atomic E-state index is 0.162. The van der Waals surface area contributed by atoms with E-state index in [2.05, 4.69) is 65.9 Å². The van der Waals surface area contributed by atoms with Crippen molar-refractivity contribution in [3.63, 3.8) is 0 Å². The van der Waals surface area contributed by atoms with Gasteiger partial charge in [-0.25, -0.2) is 0 Å². The third-order valence-electron chi connectivity index (χ3n) is 7.69. The number of carbonyl (C=O) groups is 3. The molecule has 0 aromatic heterocycles. The van der Waals surface area contributed by atoms with Gasteiger partial charge in [0.05, 0.1) is 6.54 Å². The number of rotatable bonds is 6. The summed E-state index contributed by atoms with van der Waals surface area (Å²) in [5, 5.41) is 2.18. The molecule has 0 bridgehead atoms. The predicted octanol–water partition coefficient (Wildman–Crippen LogP) is -2.30. The Morgan fingerprint density at radius 3 is 2.51 bits per heavy atom. The molecule has 2 fully saturated rings. The summed E-state index contributed by atoms with van der Waals surface area (Å²) in [7, 11) is 8.63. The number of imide groups is 1. The number of amides is 3. The molecule has 5 rings (SSSR count). The van der Waals surface area contributed by atoms with Crippen molar-refractivity contribution in [1.29, 1.82) is 0 Å². The molecule has 3 unspecified atom stereocenters. The van der Waals surface area contributed by atoms with Crippen molar-refractivity contribution in [3.05, 3.63) is 64.7 Å². The fraction of sp³-hybridized carbons (Fsp3) is 0.400. The van der Waals surface area contributed by atoms with Crippen molar-refractivity contribution in [2.45, 2.75) is 55.9 Å². The fourth-order valence-electron chi connectivity index (χ4n) is 5.60. The third-order valence-corrected chi connectivity index (χ3v) is 7.69. The van der Waals surface area contributed by atoms with Gasteiger partial charge in [0.2, 0.25) is 11.8 Å². The van der Waals surface area contributed by atoms with Gasteiger partial charge in [-0.1, -0.05) is 30.3 Å². The zero-order chi connectivity index (χ0) is 26.3. The first kappa shape index (κ1) is 25.7. The highest BCUT2D eigenvalue weighted by molar-refractivity contribution is 6.39. The molecule has 3 aliphatic rings. The molecule has 1 N–H and O–H groups in total. The molecule has 3 aliphatic heterocycles. The van der Waals surface area contributed by atoms with Gasteiger partial charge in [0.1, 0.15) is 49.8 Å². The number of hydrogen-bond acceptors (Lipinski definition) is 6. The van der Waals surface area contributed by atoms with Crippen LogP contribution < -0.4 is 10.1 Å². The Balaban J connectivity index is 1.22. The fourth-order valence-corrected chi connectivity index (χ4v) is 5.60. The Morgan fingerprint density at radius 2 is 1.78 bits per heavy atom. The topological polar surface area (TPSA) is 88.2 Å². The first-order valence-electron chi connectivity index (χ1n) is 13.0. The maximum atomic E-state index is 13.0. The van der Waals surface area contributed by atoms with Gasteiger partial charge in [0.15, 0.2) is 0 Å². The van der Waals surface area contributed by atoms with E-state index in [9.17, 15) is 14.4 Å². The standard InChI is InChI=1S/C25H31B4N3O5/c26-21-22(27)37-25(28,29)13-31(21)10-14-4-6-15(7-5-14)12-36-19-3-1-2-16-17(19)11-32(24(16)35)18-8-9-20(33)30-23(18)34/h1-7,18,21-22H,8-13,26-29H2,(H,30,33,34).